The number of benzene rings is 1. The van der Waals surface area contributed by atoms with Gasteiger partial charge in [-0.15, -0.1) is 0 Å². The molecule has 23 heavy (non-hydrogen) atoms. The Morgan fingerprint density at radius 1 is 1.43 bits per heavy atom. The molecule has 0 spiro atoms. The van der Waals surface area contributed by atoms with Gasteiger partial charge >= 0.3 is 5.97 Å². The Kier molecular flexibility index (Phi) is 6.18. The lowest BCUT2D eigenvalue weighted by atomic mass is 10.2. The van der Waals surface area contributed by atoms with Crippen molar-refractivity contribution in [1.29, 1.82) is 0 Å². The number of carbonyl (C=O) groups excluding carboxylic acids is 1. The first-order valence-corrected chi connectivity index (χ1v) is 8.44. The van der Waals surface area contributed by atoms with Crippen LogP contribution in [-0.4, -0.2) is 39.4 Å². The van der Waals surface area contributed by atoms with Crippen LogP contribution in [0.2, 0.25) is 0 Å². The van der Waals surface area contributed by atoms with E-state index in [1.54, 1.807) is 6.08 Å². The summed E-state index contributed by atoms with van der Waals surface area (Å²) in [5.74, 6) is -0.502. The van der Waals surface area contributed by atoms with E-state index in [1.165, 1.54) is 16.7 Å². The van der Waals surface area contributed by atoms with E-state index in [0.29, 0.717) is 21.6 Å². The third kappa shape index (κ3) is 4.56. The molecule has 1 aliphatic heterocycles. The average molecular weight is 351 g/mol. The van der Waals surface area contributed by atoms with Crippen molar-refractivity contribution in [3.8, 4) is 5.75 Å². The molecule has 1 saturated heterocycles. The van der Waals surface area contributed by atoms with Crippen molar-refractivity contribution in [1.82, 2.24) is 4.90 Å². The lowest BCUT2D eigenvalue weighted by Crippen LogP contribution is -2.30. The number of carbonyl (C=O) groups is 2. The molecule has 1 heterocycles. The minimum Gasteiger partial charge on any atom is -0.493 e. The number of hydrogen-bond donors (Lipinski definition) is 1. The lowest BCUT2D eigenvalue weighted by Gasteiger charge is -2.12. The van der Waals surface area contributed by atoms with Crippen LogP contribution >= 0.6 is 24.0 Å². The van der Waals surface area contributed by atoms with Crippen molar-refractivity contribution in [2.24, 2.45) is 0 Å². The van der Waals surface area contributed by atoms with Crippen LogP contribution in [0.3, 0.4) is 0 Å². The highest BCUT2D eigenvalue weighted by molar-refractivity contribution is 8.26. The lowest BCUT2D eigenvalue weighted by molar-refractivity contribution is -0.137. The van der Waals surface area contributed by atoms with Gasteiger partial charge in [-0.05, 0) is 18.6 Å². The van der Waals surface area contributed by atoms with E-state index in [1.807, 2.05) is 31.2 Å². The molecule has 7 heteroatoms. The van der Waals surface area contributed by atoms with Gasteiger partial charge in [0.05, 0.1) is 17.9 Å². The molecule has 0 radical (unpaired) electrons. The number of thiocarbonyl (C=S) groups is 1. The molecular formula is C16H17NO4S2. The molecular weight excluding hydrogens is 334 g/mol. The molecule has 0 atom stereocenters. The van der Waals surface area contributed by atoms with Crippen molar-refractivity contribution in [2.45, 2.75) is 19.8 Å². The summed E-state index contributed by atoms with van der Waals surface area (Å²) < 4.78 is 6.06. The Morgan fingerprint density at radius 3 is 2.87 bits per heavy atom. The molecule has 1 amide bonds. The molecule has 2 rings (SSSR count). The number of thioether (sulfide) groups is 1. The molecule has 1 aromatic rings. The normalized spacial score (nSPS) is 16.2. The maximum Gasteiger partial charge on any atom is 0.305 e. The van der Waals surface area contributed by atoms with Crippen LogP contribution in [0.4, 0.5) is 0 Å². The summed E-state index contributed by atoms with van der Waals surface area (Å²) in [6.07, 6.45) is 2.51. The highest BCUT2D eigenvalue weighted by Gasteiger charge is 2.32. The molecule has 0 aliphatic carbocycles. The quantitative estimate of drug-likeness (QED) is 0.601. The standard InChI is InChI=1S/C16H17NO4S2/c1-2-9-21-12-6-4-3-5-11(12)10-13-15(20)17(16(22)23-13)8-7-14(18)19/h3-6,10H,2,7-9H2,1H3,(H,18,19)/b13-10+. The van der Waals surface area contributed by atoms with Gasteiger partial charge in [0.25, 0.3) is 5.91 Å². The van der Waals surface area contributed by atoms with Crippen molar-refractivity contribution < 1.29 is 19.4 Å². The SMILES string of the molecule is CCCOc1ccccc1/C=C1/SC(=S)N(CCC(=O)O)C1=O. The Balaban J connectivity index is 2.19. The minimum atomic E-state index is -0.957. The number of nitrogens with zero attached hydrogens (tertiary/aromatic N) is 1. The van der Waals surface area contributed by atoms with Crippen LogP contribution in [0.1, 0.15) is 25.3 Å². The van der Waals surface area contributed by atoms with Crippen molar-refractivity contribution in [2.75, 3.05) is 13.2 Å². The van der Waals surface area contributed by atoms with Crippen LogP contribution in [0.15, 0.2) is 29.2 Å². The fourth-order valence-electron chi connectivity index (χ4n) is 1.98. The van der Waals surface area contributed by atoms with E-state index in [4.69, 9.17) is 22.1 Å². The molecule has 5 nitrogen and oxygen atoms in total. The summed E-state index contributed by atoms with van der Waals surface area (Å²) in [5.41, 5.74) is 0.805. The second-order valence-corrected chi connectivity index (χ2v) is 6.54. The monoisotopic (exact) mass is 351 g/mol. The zero-order chi connectivity index (χ0) is 16.8. The molecule has 0 aromatic heterocycles. The van der Waals surface area contributed by atoms with Crippen molar-refractivity contribution in [3.05, 3.63) is 34.7 Å². The van der Waals surface area contributed by atoms with Crippen LogP contribution in [0.25, 0.3) is 6.08 Å². The van der Waals surface area contributed by atoms with Crippen LogP contribution in [0.5, 0.6) is 5.75 Å². The zero-order valence-corrected chi connectivity index (χ0v) is 14.3. The first-order chi connectivity index (χ1) is 11.0. The van der Waals surface area contributed by atoms with E-state index < -0.39 is 5.97 Å². The maximum absolute atomic E-state index is 12.4. The predicted octanol–water partition coefficient (Wildman–Crippen LogP) is 3.15. The van der Waals surface area contributed by atoms with Crippen molar-refractivity contribution >= 4 is 46.3 Å². The smallest absolute Gasteiger partial charge is 0.305 e. The summed E-state index contributed by atoms with van der Waals surface area (Å²) >= 11 is 6.35. The summed E-state index contributed by atoms with van der Waals surface area (Å²) in [5, 5.41) is 8.75. The number of carboxylic acid groups (broad SMARTS) is 1. The van der Waals surface area contributed by atoms with E-state index in [-0.39, 0.29) is 18.9 Å². The number of ether oxygens (including phenoxy) is 1. The minimum absolute atomic E-state index is 0.0886. The number of carboxylic acids is 1. The summed E-state index contributed by atoms with van der Waals surface area (Å²) in [6.45, 7) is 2.71. The number of rotatable bonds is 7. The van der Waals surface area contributed by atoms with E-state index in [2.05, 4.69) is 0 Å². The Morgan fingerprint density at radius 2 is 2.17 bits per heavy atom. The van der Waals surface area contributed by atoms with Gasteiger partial charge < -0.3 is 9.84 Å². The number of para-hydroxylation sites is 1. The first-order valence-electron chi connectivity index (χ1n) is 7.22. The van der Waals surface area contributed by atoms with Gasteiger partial charge in [0.15, 0.2) is 0 Å². The molecule has 0 unspecified atom stereocenters. The van der Waals surface area contributed by atoms with Crippen LogP contribution in [0, 0.1) is 0 Å². The van der Waals surface area contributed by atoms with Gasteiger partial charge in [-0.2, -0.15) is 0 Å². The molecule has 122 valence electrons. The molecule has 1 aromatic carbocycles. The van der Waals surface area contributed by atoms with E-state index in [0.717, 1.165) is 12.0 Å². The van der Waals surface area contributed by atoms with Gasteiger partial charge in [-0.3, -0.25) is 14.5 Å². The largest absolute Gasteiger partial charge is 0.493 e. The van der Waals surface area contributed by atoms with Crippen molar-refractivity contribution in [3.63, 3.8) is 0 Å². The average Bonchev–Trinajstić information content (AvgIpc) is 2.78. The fraction of sp³-hybridized carbons (Fsp3) is 0.312. The van der Waals surface area contributed by atoms with Gasteiger partial charge in [-0.1, -0.05) is 49.1 Å². The van der Waals surface area contributed by atoms with Gasteiger partial charge in [-0.25, -0.2) is 0 Å². The topological polar surface area (TPSA) is 66.8 Å². The number of aliphatic carboxylic acids is 1. The molecule has 1 N–H and O–H groups in total. The highest BCUT2D eigenvalue weighted by Crippen LogP contribution is 2.34. The Bertz CT molecular complexity index is 657. The Hall–Kier alpha value is -1.86. The number of hydrogen-bond acceptors (Lipinski definition) is 5. The van der Waals surface area contributed by atoms with Gasteiger partial charge in [0.1, 0.15) is 10.1 Å². The van der Waals surface area contributed by atoms with Gasteiger partial charge in [0, 0.05) is 12.1 Å². The summed E-state index contributed by atoms with van der Waals surface area (Å²) in [7, 11) is 0. The zero-order valence-electron chi connectivity index (χ0n) is 12.7. The molecule has 0 bridgehead atoms. The van der Waals surface area contributed by atoms with Gasteiger partial charge in [0.2, 0.25) is 0 Å². The molecule has 1 aliphatic rings. The number of amides is 1. The third-order valence-corrected chi connectivity index (χ3v) is 4.47. The van der Waals surface area contributed by atoms with Crippen LogP contribution in [-0.2, 0) is 9.59 Å². The molecule has 1 fully saturated rings. The molecule has 0 saturated carbocycles. The van der Waals surface area contributed by atoms with E-state index >= 15 is 0 Å². The second-order valence-electron chi connectivity index (χ2n) is 4.86. The second kappa shape index (κ2) is 8.12. The van der Waals surface area contributed by atoms with Crippen LogP contribution < -0.4 is 4.74 Å². The highest BCUT2D eigenvalue weighted by atomic mass is 32.2. The van der Waals surface area contributed by atoms with E-state index in [9.17, 15) is 9.59 Å². The summed E-state index contributed by atoms with van der Waals surface area (Å²) in [6, 6.07) is 7.47. The first kappa shape index (κ1) is 17.5. The predicted molar refractivity (Wildman–Crippen MR) is 94.4 cm³/mol. The summed E-state index contributed by atoms with van der Waals surface area (Å²) in [4.78, 5) is 24.8. The Labute approximate surface area is 144 Å². The fourth-order valence-corrected chi connectivity index (χ4v) is 3.28. The maximum atomic E-state index is 12.4. The third-order valence-electron chi connectivity index (χ3n) is 3.09.